The molecule has 2 aromatic carbocycles. The Labute approximate surface area is 178 Å². The molecule has 1 atom stereocenters. The summed E-state index contributed by atoms with van der Waals surface area (Å²) in [4.78, 5) is 23.9. The Morgan fingerprint density at radius 1 is 0.900 bits per heavy atom. The van der Waals surface area contributed by atoms with E-state index in [1.54, 1.807) is 0 Å². The molecule has 0 aliphatic carbocycles. The maximum atomic E-state index is 12.0. The molecule has 0 spiro atoms. The molecule has 0 aliphatic heterocycles. The minimum Gasteiger partial charge on any atom is -0.484 e. The summed E-state index contributed by atoms with van der Waals surface area (Å²) in [5, 5.41) is 0. The summed E-state index contributed by atoms with van der Waals surface area (Å²) < 4.78 is 11.1. The van der Waals surface area contributed by atoms with Gasteiger partial charge in [-0.1, -0.05) is 65.0 Å². The zero-order valence-corrected chi connectivity index (χ0v) is 18.5. The molecule has 0 bridgehead atoms. The normalized spacial score (nSPS) is 12.0. The van der Waals surface area contributed by atoms with Gasteiger partial charge in [-0.2, -0.15) is 0 Å². The zero-order chi connectivity index (χ0) is 22.1. The van der Waals surface area contributed by atoms with E-state index in [0.717, 1.165) is 12.0 Å². The SMILES string of the molecule is CCC(C)c1ccc(OCC(=O)NNC(=O)COc2ccccc2C(C)(C)C)cc1. The van der Waals surface area contributed by atoms with Crippen LogP contribution < -0.4 is 20.3 Å². The van der Waals surface area contributed by atoms with Crippen LogP contribution in [0.1, 0.15) is 58.1 Å². The maximum absolute atomic E-state index is 12.0. The first-order valence-corrected chi connectivity index (χ1v) is 10.2. The zero-order valence-electron chi connectivity index (χ0n) is 18.5. The first-order valence-electron chi connectivity index (χ1n) is 10.2. The van der Waals surface area contributed by atoms with Crippen molar-refractivity contribution in [3.8, 4) is 11.5 Å². The Hall–Kier alpha value is -3.02. The van der Waals surface area contributed by atoms with Gasteiger partial charge in [-0.05, 0) is 47.1 Å². The van der Waals surface area contributed by atoms with Crippen LogP contribution in [0, 0.1) is 0 Å². The van der Waals surface area contributed by atoms with Crippen molar-refractivity contribution in [3.63, 3.8) is 0 Å². The molecular formula is C24H32N2O4. The minimum atomic E-state index is -0.454. The van der Waals surface area contributed by atoms with E-state index in [2.05, 4.69) is 45.5 Å². The standard InChI is InChI=1S/C24H32N2O4/c1-6-17(2)18-11-13-19(14-12-18)29-15-22(27)25-26-23(28)16-30-21-10-8-7-9-20(21)24(3,4)5/h7-14,17H,6,15-16H2,1-5H3,(H,25,27)(H,26,28). The van der Waals surface area contributed by atoms with Crippen molar-refractivity contribution in [2.75, 3.05) is 13.2 Å². The Balaban J connectivity index is 1.74. The van der Waals surface area contributed by atoms with Gasteiger partial charge in [-0.25, -0.2) is 0 Å². The monoisotopic (exact) mass is 412 g/mol. The first kappa shape index (κ1) is 23.3. The van der Waals surface area contributed by atoms with Crippen molar-refractivity contribution in [2.24, 2.45) is 0 Å². The molecule has 162 valence electrons. The van der Waals surface area contributed by atoms with Crippen molar-refractivity contribution in [2.45, 2.75) is 52.4 Å². The number of benzene rings is 2. The molecule has 6 heteroatoms. The predicted molar refractivity (Wildman–Crippen MR) is 118 cm³/mol. The molecule has 0 fully saturated rings. The summed E-state index contributed by atoms with van der Waals surface area (Å²) in [5.41, 5.74) is 6.80. The molecule has 2 aromatic rings. The fourth-order valence-electron chi connectivity index (χ4n) is 2.84. The van der Waals surface area contributed by atoms with E-state index in [1.165, 1.54) is 5.56 Å². The molecule has 2 amide bonds. The van der Waals surface area contributed by atoms with E-state index >= 15 is 0 Å². The number of ether oxygens (including phenoxy) is 2. The number of hydrogen-bond acceptors (Lipinski definition) is 4. The van der Waals surface area contributed by atoms with Gasteiger partial charge in [-0.3, -0.25) is 20.4 Å². The van der Waals surface area contributed by atoms with Gasteiger partial charge < -0.3 is 9.47 Å². The number of carbonyl (C=O) groups is 2. The lowest BCUT2D eigenvalue weighted by molar-refractivity contribution is -0.131. The van der Waals surface area contributed by atoms with Crippen LogP contribution in [0.2, 0.25) is 0 Å². The van der Waals surface area contributed by atoms with E-state index < -0.39 is 11.8 Å². The van der Waals surface area contributed by atoms with E-state index in [9.17, 15) is 9.59 Å². The topological polar surface area (TPSA) is 76.7 Å². The fourth-order valence-corrected chi connectivity index (χ4v) is 2.84. The number of nitrogens with one attached hydrogen (secondary N) is 2. The van der Waals surface area contributed by atoms with Crippen LogP contribution in [-0.2, 0) is 15.0 Å². The number of carbonyl (C=O) groups excluding carboxylic acids is 2. The van der Waals surface area contributed by atoms with Crippen molar-refractivity contribution >= 4 is 11.8 Å². The average molecular weight is 413 g/mol. The molecular weight excluding hydrogens is 380 g/mol. The van der Waals surface area contributed by atoms with Gasteiger partial charge in [0.2, 0.25) is 0 Å². The molecule has 1 unspecified atom stereocenters. The number of amides is 2. The number of para-hydroxylation sites is 1. The van der Waals surface area contributed by atoms with Crippen LogP contribution in [-0.4, -0.2) is 25.0 Å². The highest BCUT2D eigenvalue weighted by molar-refractivity contribution is 5.83. The van der Waals surface area contributed by atoms with Crippen molar-refractivity contribution < 1.29 is 19.1 Å². The second-order valence-electron chi connectivity index (χ2n) is 8.30. The van der Waals surface area contributed by atoms with Crippen LogP contribution >= 0.6 is 0 Å². The molecule has 2 rings (SSSR count). The summed E-state index contributed by atoms with van der Waals surface area (Å²) in [6.07, 6.45) is 1.06. The highest BCUT2D eigenvalue weighted by Gasteiger charge is 2.19. The lowest BCUT2D eigenvalue weighted by Crippen LogP contribution is -2.45. The van der Waals surface area contributed by atoms with Crippen LogP contribution in [0.4, 0.5) is 0 Å². The van der Waals surface area contributed by atoms with Gasteiger partial charge in [0.25, 0.3) is 11.8 Å². The molecule has 0 radical (unpaired) electrons. The van der Waals surface area contributed by atoms with Gasteiger partial charge in [0, 0.05) is 0 Å². The summed E-state index contributed by atoms with van der Waals surface area (Å²) in [6, 6.07) is 15.3. The maximum Gasteiger partial charge on any atom is 0.276 e. The number of hydrazine groups is 1. The molecule has 2 N–H and O–H groups in total. The summed E-state index contributed by atoms with van der Waals surface area (Å²) in [5.74, 6) is 0.825. The first-order chi connectivity index (χ1) is 14.2. The van der Waals surface area contributed by atoms with E-state index in [-0.39, 0.29) is 18.6 Å². The van der Waals surface area contributed by atoms with Gasteiger partial charge in [-0.15, -0.1) is 0 Å². The predicted octanol–water partition coefficient (Wildman–Crippen LogP) is 4.10. The quantitative estimate of drug-likeness (QED) is 0.640. The minimum absolute atomic E-state index is 0.106. The third-order valence-electron chi connectivity index (χ3n) is 4.83. The second-order valence-corrected chi connectivity index (χ2v) is 8.30. The van der Waals surface area contributed by atoms with Crippen LogP contribution in [0.25, 0.3) is 0 Å². The molecule has 30 heavy (non-hydrogen) atoms. The van der Waals surface area contributed by atoms with Gasteiger partial charge in [0.1, 0.15) is 11.5 Å². The molecule has 0 aromatic heterocycles. The van der Waals surface area contributed by atoms with Crippen molar-refractivity contribution in [1.82, 2.24) is 10.9 Å². The van der Waals surface area contributed by atoms with Gasteiger partial charge in [0.05, 0.1) is 0 Å². The van der Waals surface area contributed by atoms with Crippen molar-refractivity contribution in [1.29, 1.82) is 0 Å². The molecule has 6 nitrogen and oxygen atoms in total. The van der Waals surface area contributed by atoms with Crippen molar-refractivity contribution in [3.05, 3.63) is 59.7 Å². The highest BCUT2D eigenvalue weighted by Crippen LogP contribution is 2.30. The van der Waals surface area contributed by atoms with Gasteiger partial charge in [0.15, 0.2) is 13.2 Å². The van der Waals surface area contributed by atoms with Crippen LogP contribution in [0.3, 0.4) is 0 Å². The Morgan fingerprint density at radius 2 is 1.47 bits per heavy atom. The number of hydrogen-bond donors (Lipinski definition) is 2. The van der Waals surface area contributed by atoms with Crippen LogP contribution in [0.15, 0.2) is 48.5 Å². The van der Waals surface area contributed by atoms with Crippen LogP contribution in [0.5, 0.6) is 11.5 Å². The van der Waals surface area contributed by atoms with E-state index in [4.69, 9.17) is 9.47 Å². The fraction of sp³-hybridized carbons (Fsp3) is 0.417. The lowest BCUT2D eigenvalue weighted by atomic mass is 9.86. The Morgan fingerprint density at radius 3 is 2.03 bits per heavy atom. The third kappa shape index (κ3) is 7.10. The Kier molecular flexibility index (Phi) is 8.27. The summed E-state index contributed by atoms with van der Waals surface area (Å²) in [6.45, 7) is 10.1. The smallest absolute Gasteiger partial charge is 0.276 e. The summed E-state index contributed by atoms with van der Waals surface area (Å²) in [7, 11) is 0. The number of rotatable bonds is 8. The molecule has 0 heterocycles. The van der Waals surface area contributed by atoms with E-state index in [1.807, 2.05) is 48.5 Å². The third-order valence-corrected chi connectivity index (χ3v) is 4.83. The lowest BCUT2D eigenvalue weighted by Gasteiger charge is -2.22. The molecule has 0 saturated carbocycles. The molecule has 0 aliphatic rings. The van der Waals surface area contributed by atoms with E-state index in [0.29, 0.717) is 17.4 Å². The largest absolute Gasteiger partial charge is 0.484 e. The van der Waals surface area contributed by atoms with Gasteiger partial charge >= 0.3 is 0 Å². The average Bonchev–Trinajstić information content (AvgIpc) is 2.74. The molecule has 0 saturated heterocycles. The second kappa shape index (κ2) is 10.7. The Bertz CT molecular complexity index is 841. The highest BCUT2D eigenvalue weighted by atomic mass is 16.5. The summed E-state index contributed by atoms with van der Waals surface area (Å²) >= 11 is 0.